The molecule has 10 heteroatoms. The van der Waals surface area contributed by atoms with E-state index in [2.05, 4.69) is 19.9 Å². The summed E-state index contributed by atoms with van der Waals surface area (Å²) in [5, 5.41) is 8.93. The number of nitrogens with one attached hydrogen (secondary N) is 1. The van der Waals surface area contributed by atoms with Crippen molar-refractivity contribution in [3.05, 3.63) is 47.6 Å². The van der Waals surface area contributed by atoms with E-state index in [0.29, 0.717) is 16.7 Å². The number of pyridine rings is 1. The monoisotopic (exact) mass is 358 g/mol. The number of nitriles is 1. The third-order valence-electron chi connectivity index (χ3n) is 3.36. The molecule has 0 spiro atoms. The molecule has 0 saturated heterocycles. The van der Waals surface area contributed by atoms with Crippen molar-refractivity contribution in [2.75, 3.05) is 0 Å². The molecule has 0 aliphatic rings. The van der Waals surface area contributed by atoms with E-state index >= 15 is 0 Å². The predicted octanol–water partition coefficient (Wildman–Crippen LogP) is 2.41. The van der Waals surface area contributed by atoms with Crippen LogP contribution in [0, 0.1) is 11.3 Å². The maximum Gasteiger partial charge on any atom is 0.433 e. The van der Waals surface area contributed by atoms with Gasteiger partial charge in [-0.25, -0.2) is 15.0 Å². The highest BCUT2D eigenvalue weighted by Gasteiger charge is 2.33. The van der Waals surface area contributed by atoms with E-state index < -0.39 is 17.8 Å². The van der Waals surface area contributed by atoms with Gasteiger partial charge in [0.25, 0.3) is 0 Å². The van der Waals surface area contributed by atoms with Crippen molar-refractivity contribution in [2.45, 2.75) is 6.18 Å². The molecular weight excluding hydrogens is 349 g/mol. The van der Waals surface area contributed by atoms with Crippen LogP contribution < -0.4 is 5.73 Å². The number of nitrogens with two attached hydrogens (primary N) is 1. The molecule has 3 rings (SSSR count). The molecule has 3 heterocycles. The molecular formula is C16H9F3N6O. The summed E-state index contributed by atoms with van der Waals surface area (Å²) in [4.78, 5) is 25.3. The molecule has 1 amide bonds. The molecule has 0 atom stereocenters. The smallest absolute Gasteiger partial charge is 0.366 e. The number of alkyl halides is 3. The van der Waals surface area contributed by atoms with Crippen molar-refractivity contribution in [2.24, 2.45) is 5.73 Å². The number of hydrogen-bond donors (Lipinski definition) is 2. The van der Waals surface area contributed by atoms with Crippen LogP contribution in [-0.4, -0.2) is 25.8 Å². The lowest BCUT2D eigenvalue weighted by Gasteiger charge is -2.08. The fraction of sp³-hybridized carbons (Fsp3) is 0.0625. The molecule has 3 aromatic heterocycles. The van der Waals surface area contributed by atoms with Gasteiger partial charge in [-0.15, -0.1) is 0 Å². The second-order valence-electron chi connectivity index (χ2n) is 5.17. The number of hydrogen-bond acceptors (Lipinski definition) is 5. The Bertz CT molecular complexity index is 1080. The molecule has 3 N–H and O–H groups in total. The van der Waals surface area contributed by atoms with Crippen LogP contribution in [0.4, 0.5) is 13.2 Å². The summed E-state index contributed by atoms with van der Waals surface area (Å²) in [6.45, 7) is 0. The molecule has 26 heavy (non-hydrogen) atoms. The minimum atomic E-state index is -4.71. The first kappa shape index (κ1) is 17.1. The number of fused-ring (bicyclic) bond motifs is 1. The molecule has 0 saturated carbocycles. The molecule has 7 nitrogen and oxygen atoms in total. The van der Waals surface area contributed by atoms with Crippen molar-refractivity contribution >= 4 is 23.1 Å². The normalized spacial score (nSPS) is 11.8. The molecule has 0 bridgehead atoms. The highest BCUT2D eigenvalue weighted by atomic mass is 19.4. The van der Waals surface area contributed by atoms with Crippen LogP contribution in [0.15, 0.2) is 30.6 Å². The first-order valence-corrected chi connectivity index (χ1v) is 7.09. The number of halogens is 3. The van der Waals surface area contributed by atoms with Crippen molar-refractivity contribution < 1.29 is 18.0 Å². The van der Waals surface area contributed by atoms with Crippen LogP contribution in [-0.2, 0) is 11.0 Å². The molecule has 130 valence electrons. The lowest BCUT2D eigenvalue weighted by Crippen LogP contribution is -2.09. The average molecular weight is 358 g/mol. The van der Waals surface area contributed by atoms with Gasteiger partial charge in [-0.2, -0.15) is 18.4 Å². The zero-order chi connectivity index (χ0) is 18.9. The van der Waals surface area contributed by atoms with Crippen LogP contribution in [0.5, 0.6) is 0 Å². The van der Waals surface area contributed by atoms with Crippen LogP contribution >= 0.6 is 0 Å². The number of amides is 1. The van der Waals surface area contributed by atoms with Gasteiger partial charge in [0.15, 0.2) is 5.65 Å². The Morgan fingerprint density at radius 2 is 2.08 bits per heavy atom. The summed E-state index contributed by atoms with van der Waals surface area (Å²) in [5.74, 6) is -0.661. The first-order chi connectivity index (χ1) is 12.3. The standard InChI is InChI=1S/C16H9F3N6O/c17-16(18,19)12-4-9(3-10(5-20)24-12)11-7-23-15-14(25-11)8(6-22-15)1-2-13(21)26/h1-4,6-7H,(H2,21,26)(H,22,23). The zero-order valence-corrected chi connectivity index (χ0v) is 12.9. The maximum absolute atomic E-state index is 13.0. The van der Waals surface area contributed by atoms with Crippen molar-refractivity contribution in [3.8, 4) is 17.3 Å². The van der Waals surface area contributed by atoms with Gasteiger partial charge in [-0.05, 0) is 18.2 Å². The number of H-pyrrole nitrogens is 1. The quantitative estimate of drug-likeness (QED) is 0.696. The van der Waals surface area contributed by atoms with Gasteiger partial charge in [-0.1, -0.05) is 0 Å². The lowest BCUT2D eigenvalue weighted by atomic mass is 10.1. The van der Waals surface area contributed by atoms with Gasteiger partial charge in [0.05, 0.1) is 11.9 Å². The molecule has 0 unspecified atom stereocenters. The Kier molecular flexibility index (Phi) is 4.13. The van der Waals surface area contributed by atoms with Gasteiger partial charge in [-0.3, -0.25) is 4.79 Å². The number of carbonyl (C=O) groups is 1. The second kappa shape index (κ2) is 6.29. The van der Waals surface area contributed by atoms with Crippen molar-refractivity contribution in [1.82, 2.24) is 19.9 Å². The van der Waals surface area contributed by atoms with Crippen LogP contribution in [0.25, 0.3) is 28.5 Å². The molecule has 0 aliphatic carbocycles. The number of aromatic amines is 1. The first-order valence-electron chi connectivity index (χ1n) is 7.09. The van der Waals surface area contributed by atoms with Crippen LogP contribution in [0.3, 0.4) is 0 Å². The molecule has 3 aromatic rings. The second-order valence-corrected chi connectivity index (χ2v) is 5.17. The highest BCUT2D eigenvalue weighted by molar-refractivity contribution is 5.93. The topological polar surface area (TPSA) is 121 Å². The SMILES string of the molecule is N#Cc1cc(-c2cnc3[nH]cc(C=CC(N)=O)c3n2)cc(C(F)(F)F)n1. The number of primary amides is 1. The summed E-state index contributed by atoms with van der Waals surface area (Å²) in [6, 6.07) is 3.58. The Balaban J connectivity index is 2.15. The summed E-state index contributed by atoms with van der Waals surface area (Å²) in [5.41, 5.74) is 4.83. The average Bonchev–Trinajstić information content (AvgIpc) is 3.01. The third kappa shape index (κ3) is 3.36. The van der Waals surface area contributed by atoms with Gasteiger partial charge in [0.1, 0.15) is 23.0 Å². The van der Waals surface area contributed by atoms with Crippen LogP contribution in [0.1, 0.15) is 17.0 Å². The number of aromatic nitrogens is 4. The van der Waals surface area contributed by atoms with E-state index in [-0.39, 0.29) is 17.0 Å². The Morgan fingerprint density at radius 3 is 2.73 bits per heavy atom. The predicted molar refractivity (Wildman–Crippen MR) is 85.1 cm³/mol. The third-order valence-corrected chi connectivity index (χ3v) is 3.36. The minimum absolute atomic E-state index is 0.0457. The summed E-state index contributed by atoms with van der Waals surface area (Å²) >= 11 is 0. The molecule has 0 aromatic carbocycles. The summed E-state index contributed by atoms with van der Waals surface area (Å²) in [7, 11) is 0. The Morgan fingerprint density at radius 1 is 1.31 bits per heavy atom. The van der Waals surface area contributed by atoms with E-state index in [1.54, 1.807) is 6.07 Å². The number of nitrogens with zero attached hydrogens (tertiary/aromatic N) is 4. The fourth-order valence-corrected chi connectivity index (χ4v) is 2.23. The molecule has 0 aliphatic heterocycles. The largest absolute Gasteiger partial charge is 0.433 e. The van der Waals surface area contributed by atoms with E-state index in [0.717, 1.165) is 12.1 Å². The Labute approximate surface area is 144 Å². The maximum atomic E-state index is 13.0. The van der Waals surface area contributed by atoms with Gasteiger partial charge in [0, 0.05) is 23.4 Å². The van der Waals surface area contributed by atoms with Crippen molar-refractivity contribution in [3.63, 3.8) is 0 Å². The molecule has 0 radical (unpaired) electrons. The van der Waals surface area contributed by atoms with Gasteiger partial charge >= 0.3 is 6.18 Å². The van der Waals surface area contributed by atoms with E-state index in [4.69, 9.17) is 11.0 Å². The number of rotatable bonds is 3. The summed E-state index contributed by atoms with van der Waals surface area (Å²) < 4.78 is 38.9. The van der Waals surface area contributed by atoms with Gasteiger partial charge < -0.3 is 10.7 Å². The lowest BCUT2D eigenvalue weighted by molar-refractivity contribution is -0.141. The van der Waals surface area contributed by atoms with E-state index in [9.17, 15) is 18.0 Å². The Hall–Kier alpha value is -3.74. The van der Waals surface area contributed by atoms with Gasteiger partial charge in [0.2, 0.25) is 5.91 Å². The van der Waals surface area contributed by atoms with Crippen molar-refractivity contribution in [1.29, 1.82) is 5.26 Å². The number of carbonyl (C=O) groups excluding carboxylic acids is 1. The summed E-state index contributed by atoms with van der Waals surface area (Å²) in [6.07, 6.45) is 0.634. The fourth-order valence-electron chi connectivity index (χ4n) is 2.23. The van der Waals surface area contributed by atoms with Crippen LogP contribution in [0.2, 0.25) is 0 Å². The van der Waals surface area contributed by atoms with E-state index in [1.807, 2.05) is 0 Å². The molecule has 0 fully saturated rings. The highest BCUT2D eigenvalue weighted by Crippen LogP contribution is 2.31. The zero-order valence-electron chi connectivity index (χ0n) is 12.9. The van der Waals surface area contributed by atoms with E-state index in [1.165, 1.54) is 24.5 Å². The minimum Gasteiger partial charge on any atom is -0.366 e.